The zero-order valence-electron chi connectivity index (χ0n) is 14.9. The first kappa shape index (κ1) is 18.2. The van der Waals surface area contributed by atoms with Crippen LogP contribution in [0.5, 0.6) is 5.75 Å². The predicted octanol–water partition coefficient (Wildman–Crippen LogP) is 1.09. The first-order valence-electron chi connectivity index (χ1n) is 9.06. The molecule has 6 nitrogen and oxygen atoms in total. The molecule has 1 aromatic carbocycles. The molecule has 0 aliphatic carbocycles. The van der Waals surface area contributed by atoms with Crippen molar-refractivity contribution in [2.75, 3.05) is 53.2 Å². The number of benzene rings is 1. The molecule has 0 radical (unpaired) electrons. The highest BCUT2D eigenvalue weighted by molar-refractivity contribution is 5.79. The van der Waals surface area contributed by atoms with E-state index in [2.05, 4.69) is 10.2 Å². The van der Waals surface area contributed by atoms with Crippen molar-refractivity contribution in [2.24, 2.45) is 5.92 Å². The zero-order chi connectivity index (χ0) is 17.5. The minimum absolute atomic E-state index is 0.0293. The Morgan fingerprint density at radius 1 is 1.28 bits per heavy atom. The summed E-state index contributed by atoms with van der Waals surface area (Å²) in [5.74, 6) is 1.26. The number of carbonyl (C=O) groups is 1. The Morgan fingerprint density at radius 3 is 2.80 bits per heavy atom. The molecule has 0 unspecified atom stereocenters. The maximum atomic E-state index is 12.4. The molecular weight excluding hydrogens is 320 g/mol. The van der Waals surface area contributed by atoms with E-state index in [1.54, 1.807) is 7.11 Å². The van der Waals surface area contributed by atoms with Crippen LogP contribution in [0.2, 0.25) is 0 Å². The number of amides is 1. The number of carbonyl (C=O) groups excluding carboxylic acids is 1. The average molecular weight is 348 g/mol. The summed E-state index contributed by atoms with van der Waals surface area (Å²) in [5.41, 5.74) is 0.912. The number of nitrogens with one attached hydrogen (secondary N) is 1. The standard InChI is InChI=1S/C19H28N2O4/c1-23-18-5-3-2-4-15(18)12-19(22)20-13-17(16-6-9-25-14-16)21-7-10-24-11-8-21/h2-5,16-17H,6-14H2,1H3,(H,20,22)/t16-,17-/m0/s1. The summed E-state index contributed by atoms with van der Waals surface area (Å²) >= 11 is 0. The number of nitrogens with zero attached hydrogens (tertiary/aromatic N) is 1. The van der Waals surface area contributed by atoms with Gasteiger partial charge in [0.1, 0.15) is 5.75 Å². The molecule has 2 saturated heterocycles. The van der Waals surface area contributed by atoms with E-state index < -0.39 is 0 Å². The summed E-state index contributed by atoms with van der Waals surface area (Å²) in [7, 11) is 1.63. The molecule has 3 rings (SSSR count). The third-order valence-electron chi connectivity index (χ3n) is 5.08. The van der Waals surface area contributed by atoms with Crippen LogP contribution in [0.4, 0.5) is 0 Å². The van der Waals surface area contributed by atoms with Gasteiger partial charge in [0.05, 0.1) is 33.4 Å². The van der Waals surface area contributed by atoms with Gasteiger partial charge in [0, 0.05) is 43.8 Å². The fraction of sp³-hybridized carbons (Fsp3) is 0.632. The van der Waals surface area contributed by atoms with Crippen LogP contribution in [-0.2, 0) is 20.7 Å². The summed E-state index contributed by atoms with van der Waals surface area (Å²) in [6, 6.07) is 7.97. The second-order valence-corrected chi connectivity index (χ2v) is 6.63. The molecule has 2 atom stereocenters. The lowest BCUT2D eigenvalue weighted by Gasteiger charge is -2.37. The lowest BCUT2D eigenvalue weighted by atomic mass is 9.96. The third kappa shape index (κ3) is 4.93. The van der Waals surface area contributed by atoms with Crippen LogP contribution >= 0.6 is 0 Å². The van der Waals surface area contributed by atoms with Crippen LogP contribution in [0.25, 0.3) is 0 Å². The Kier molecular flexibility index (Phi) is 6.67. The van der Waals surface area contributed by atoms with Gasteiger partial charge in [-0.3, -0.25) is 9.69 Å². The molecule has 2 heterocycles. The Bertz CT molecular complexity index is 554. The summed E-state index contributed by atoms with van der Waals surface area (Å²) in [5, 5.41) is 3.12. The van der Waals surface area contributed by atoms with Gasteiger partial charge in [0.15, 0.2) is 0 Å². The maximum absolute atomic E-state index is 12.4. The predicted molar refractivity (Wildman–Crippen MR) is 94.8 cm³/mol. The molecule has 0 aromatic heterocycles. The summed E-state index contributed by atoms with van der Waals surface area (Å²) < 4.78 is 16.4. The van der Waals surface area contributed by atoms with Crippen molar-refractivity contribution in [2.45, 2.75) is 18.9 Å². The van der Waals surface area contributed by atoms with E-state index in [0.29, 0.717) is 24.9 Å². The molecule has 25 heavy (non-hydrogen) atoms. The van der Waals surface area contributed by atoms with E-state index in [1.165, 1.54) is 0 Å². The molecule has 1 aromatic rings. The number of hydrogen-bond donors (Lipinski definition) is 1. The summed E-state index contributed by atoms with van der Waals surface area (Å²) in [6.07, 6.45) is 1.39. The number of para-hydroxylation sites is 1. The molecule has 2 fully saturated rings. The van der Waals surface area contributed by atoms with Gasteiger partial charge in [-0.25, -0.2) is 0 Å². The van der Waals surface area contributed by atoms with Crippen LogP contribution < -0.4 is 10.1 Å². The molecule has 1 N–H and O–H groups in total. The van der Waals surface area contributed by atoms with Crippen molar-refractivity contribution in [1.29, 1.82) is 0 Å². The van der Waals surface area contributed by atoms with Gasteiger partial charge >= 0.3 is 0 Å². The second-order valence-electron chi connectivity index (χ2n) is 6.63. The van der Waals surface area contributed by atoms with Gasteiger partial charge < -0.3 is 19.5 Å². The molecule has 138 valence electrons. The molecule has 2 aliphatic rings. The fourth-order valence-corrected chi connectivity index (χ4v) is 3.66. The lowest BCUT2D eigenvalue weighted by Crippen LogP contribution is -2.52. The summed E-state index contributed by atoms with van der Waals surface area (Å²) in [4.78, 5) is 14.9. The normalized spacial score (nSPS) is 22.5. The number of rotatable bonds is 7. The number of methoxy groups -OCH3 is 1. The largest absolute Gasteiger partial charge is 0.496 e. The Labute approximate surface area is 149 Å². The molecule has 0 bridgehead atoms. The molecule has 1 amide bonds. The highest BCUT2D eigenvalue weighted by Crippen LogP contribution is 2.22. The molecule has 0 spiro atoms. The number of morpholine rings is 1. The Balaban J connectivity index is 1.57. The van der Waals surface area contributed by atoms with Gasteiger partial charge in [0.25, 0.3) is 0 Å². The van der Waals surface area contributed by atoms with E-state index in [-0.39, 0.29) is 5.91 Å². The minimum atomic E-state index is 0.0293. The van der Waals surface area contributed by atoms with Crippen molar-refractivity contribution in [3.63, 3.8) is 0 Å². The van der Waals surface area contributed by atoms with E-state index in [0.717, 1.165) is 57.3 Å². The van der Waals surface area contributed by atoms with E-state index >= 15 is 0 Å². The summed E-state index contributed by atoms with van der Waals surface area (Å²) in [6.45, 7) is 5.62. The highest BCUT2D eigenvalue weighted by Gasteiger charge is 2.31. The van der Waals surface area contributed by atoms with Crippen molar-refractivity contribution in [3.8, 4) is 5.75 Å². The van der Waals surface area contributed by atoms with Gasteiger partial charge in [0.2, 0.25) is 5.91 Å². The molecule has 6 heteroatoms. The minimum Gasteiger partial charge on any atom is -0.496 e. The number of ether oxygens (including phenoxy) is 3. The van der Waals surface area contributed by atoms with E-state index in [1.807, 2.05) is 24.3 Å². The van der Waals surface area contributed by atoms with Crippen LogP contribution in [-0.4, -0.2) is 70.0 Å². The third-order valence-corrected chi connectivity index (χ3v) is 5.08. The first-order chi connectivity index (χ1) is 12.3. The quantitative estimate of drug-likeness (QED) is 0.799. The lowest BCUT2D eigenvalue weighted by molar-refractivity contribution is -0.121. The smallest absolute Gasteiger partial charge is 0.224 e. The zero-order valence-corrected chi connectivity index (χ0v) is 14.9. The Morgan fingerprint density at radius 2 is 2.08 bits per heavy atom. The van der Waals surface area contributed by atoms with Gasteiger partial charge in [-0.15, -0.1) is 0 Å². The average Bonchev–Trinajstić information content (AvgIpc) is 3.18. The molecule has 0 saturated carbocycles. The van der Waals surface area contributed by atoms with Crippen LogP contribution in [0.15, 0.2) is 24.3 Å². The molecule has 2 aliphatic heterocycles. The SMILES string of the molecule is COc1ccccc1CC(=O)NC[C@@H]([C@H]1CCOC1)N1CCOCC1. The van der Waals surface area contributed by atoms with E-state index in [4.69, 9.17) is 14.2 Å². The second kappa shape index (κ2) is 9.17. The van der Waals surface area contributed by atoms with Crippen LogP contribution in [0, 0.1) is 5.92 Å². The van der Waals surface area contributed by atoms with Crippen molar-refractivity contribution >= 4 is 5.91 Å². The van der Waals surface area contributed by atoms with Crippen LogP contribution in [0.3, 0.4) is 0 Å². The molecular formula is C19H28N2O4. The highest BCUT2D eigenvalue weighted by atomic mass is 16.5. The number of hydrogen-bond acceptors (Lipinski definition) is 5. The topological polar surface area (TPSA) is 60.0 Å². The monoisotopic (exact) mass is 348 g/mol. The maximum Gasteiger partial charge on any atom is 0.224 e. The van der Waals surface area contributed by atoms with Gasteiger partial charge in [-0.2, -0.15) is 0 Å². The first-order valence-corrected chi connectivity index (χ1v) is 9.06. The fourth-order valence-electron chi connectivity index (χ4n) is 3.66. The van der Waals surface area contributed by atoms with Crippen molar-refractivity contribution < 1.29 is 19.0 Å². The van der Waals surface area contributed by atoms with Gasteiger partial charge in [-0.05, 0) is 12.5 Å². The van der Waals surface area contributed by atoms with Crippen LogP contribution in [0.1, 0.15) is 12.0 Å². The van der Waals surface area contributed by atoms with E-state index in [9.17, 15) is 4.79 Å². The van der Waals surface area contributed by atoms with Crippen molar-refractivity contribution in [3.05, 3.63) is 29.8 Å². The van der Waals surface area contributed by atoms with Crippen molar-refractivity contribution in [1.82, 2.24) is 10.2 Å². The van der Waals surface area contributed by atoms with Gasteiger partial charge in [-0.1, -0.05) is 18.2 Å². The Hall–Kier alpha value is -1.63.